The maximum absolute atomic E-state index is 4.97. The summed E-state index contributed by atoms with van der Waals surface area (Å²) in [5, 5.41) is 5.08. The Labute approximate surface area is 51.2 Å². The van der Waals surface area contributed by atoms with Gasteiger partial charge in [-0.1, -0.05) is 0 Å². The van der Waals surface area contributed by atoms with Crippen molar-refractivity contribution in [3.63, 3.8) is 0 Å². The Morgan fingerprint density at radius 1 is 1.71 bits per heavy atom. The Hall–Kier alpha value is -0.0400. The summed E-state index contributed by atoms with van der Waals surface area (Å²) in [7, 11) is 0. The standard InChI is InChI=1S/CH6N4S2/c2-1(6)4-5-7-3/h5H,3H2,(H3,2,4,6). The van der Waals surface area contributed by atoms with E-state index in [0.717, 1.165) is 12.1 Å². The number of hydrazine groups is 1. The van der Waals surface area contributed by atoms with Crippen LogP contribution < -0.4 is 21.1 Å². The van der Waals surface area contributed by atoms with Crippen molar-refractivity contribution in [1.29, 1.82) is 0 Å². The zero-order valence-electron chi connectivity index (χ0n) is 3.47. The van der Waals surface area contributed by atoms with Crippen LogP contribution in [0.3, 0.4) is 0 Å². The van der Waals surface area contributed by atoms with Crippen LogP contribution in [0, 0.1) is 0 Å². The van der Waals surface area contributed by atoms with Crippen molar-refractivity contribution in [2.24, 2.45) is 10.9 Å². The first-order valence-corrected chi connectivity index (χ1v) is 2.72. The van der Waals surface area contributed by atoms with Crippen molar-refractivity contribution in [3.8, 4) is 0 Å². The van der Waals surface area contributed by atoms with Crippen LogP contribution in [-0.2, 0) is 0 Å². The highest BCUT2D eigenvalue weighted by Gasteiger charge is 1.77. The molecule has 0 aliphatic heterocycles. The van der Waals surface area contributed by atoms with E-state index in [1.807, 2.05) is 0 Å². The van der Waals surface area contributed by atoms with Gasteiger partial charge >= 0.3 is 0 Å². The second-order valence-electron chi connectivity index (χ2n) is 0.709. The summed E-state index contributed by atoms with van der Waals surface area (Å²) in [6.07, 6.45) is 0. The molecule has 0 amide bonds. The minimum atomic E-state index is 0.179. The van der Waals surface area contributed by atoms with Crippen LogP contribution in [0.4, 0.5) is 0 Å². The molecule has 0 aromatic heterocycles. The SMILES string of the molecule is NSNNC(N)=S. The molecule has 6 heteroatoms. The van der Waals surface area contributed by atoms with Gasteiger partial charge in [-0.15, -0.1) is 0 Å². The lowest BCUT2D eigenvalue weighted by molar-refractivity contribution is 0.932. The number of nitrogens with two attached hydrogens (primary N) is 2. The van der Waals surface area contributed by atoms with Crippen LogP contribution >= 0.6 is 24.4 Å². The van der Waals surface area contributed by atoms with E-state index < -0.39 is 0 Å². The second-order valence-corrected chi connectivity index (χ2v) is 1.59. The minimum absolute atomic E-state index is 0.179. The first-order valence-electron chi connectivity index (χ1n) is 1.43. The average molecular weight is 138 g/mol. The van der Waals surface area contributed by atoms with Gasteiger partial charge in [-0.2, -0.15) is 4.83 Å². The first-order chi connectivity index (χ1) is 3.27. The third kappa shape index (κ3) is 5.96. The number of hydrogen-bond acceptors (Lipinski definition) is 4. The lowest BCUT2D eigenvalue weighted by Gasteiger charge is -1.98. The maximum atomic E-state index is 4.97. The number of hydrogen-bond donors (Lipinski definition) is 4. The molecule has 0 saturated heterocycles. The molecule has 0 atom stereocenters. The highest BCUT2D eigenvalue weighted by molar-refractivity contribution is 7.95. The molecule has 42 valence electrons. The summed E-state index contributed by atoms with van der Waals surface area (Å²) >= 11 is 5.30. The van der Waals surface area contributed by atoms with Gasteiger partial charge < -0.3 is 5.73 Å². The van der Waals surface area contributed by atoms with E-state index in [9.17, 15) is 0 Å². The zero-order chi connectivity index (χ0) is 5.70. The Morgan fingerprint density at radius 2 is 2.29 bits per heavy atom. The average Bonchev–Trinajstić information content (AvgIpc) is 1.61. The Kier molecular flexibility index (Phi) is 4.10. The van der Waals surface area contributed by atoms with Gasteiger partial charge in [-0.25, -0.2) is 0 Å². The molecule has 0 spiro atoms. The van der Waals surface area contributed by atoms with E-state index in [1.54, 1.807) is 0 Å². The van der Waals surface area contributed by atoms with Gasteiger partial charge in [0.15, 0.2) is 5.11 Å². The normalized spacial score (nSPS) is 8.14. The molecule has 0 aliphatic rings. The molecule has 0 unspecified atom stereocenters. The highest BCUT2D eigenvalue weighted by Crippen LogP contribution is 1.64. The molecule has 6 N–H and O–H groups in total. The van der Waals surface area contributed by atoms with Crippen LogP contribution in [0.5, 0.6) is 0 Å². The minimum Gasteiger partial charge on any atom is -0.375 e. The van der Waals surface area contributed by atoms with Crippen LogP contribution in [0.25, 0.3) is 0 Å². The molecule has 0 aromatic rings. The Morgan fingerprint density at radius 3 is 2.43 bits per heavy atom. The largest absolute Gasteiger partial charge is 0.375 e. The Balaban J connectivity index is 2.82. The molecular weight excluding hydrogens is 132 g/mol. The van der Waals surface area contributed by atoms with Crippen LogP contribution in [0.2, 0.25) is 0 Å². The molecule has 0 bridgehead atoms. The quantitative estimate of drug-likeness (QED) is 0.219. The third-order valence-electron chi connectivity index (χ3n) is 0.233. The molecule has 4 nitrogen and oxygen atoms in total. The smallest absolute Gasteiger partial charge is 0.178 e. The summed E-state index contributed by atoms with van der Waals surface area (Å²) in [4.78, 5) is 2.43. The summed E-state index contributed by atoms with van der Waals surface area (Å²) in [6.45, 7) is 0. The van der Waals surface area contributed by atoms with Gasteiger partial charge in [0, 0.05) is 12.1 Å². The van der Waals surface area contributed by atoms with E-state index in [4.69, 9.17) is 10.9 Å². The van der Waals surface area contributed by atoms with E-state index in [-0.39, 0.29) is 5.11 Å². The number of thiocarbonyl (C=S) groups is 1. The van der Waals surface area contributed by atoms with Gasteiger partial charge in [0.1, 0.15) is 0 Å². The molecule has 0 aromatic carbocycles. The summed E-state index contributed by atoms with van der Waals surface area (Å²) in [6, 6.07) is 0. The fourth-order valence-corrected chi connectivity index (χ4v) is 0.364. The fraction of sp³-hybridized carbons (Fsp3) is 0. The predicted molar refractivity (Wildman–Crippen MR) is 34.8 cm³/mol. The lowest BCUT2D eigenvalue weighted by Crippen LogP contribution is -2.37. The summed E-state index contributed by atoms with van der Waals surface area (Å²) in [5.41, 5.74) is 7.36. The van der Waals surface area contributed by atoms with Crippen LogP contribution in [-0.4, -0.2) is 5.11 Å². The summed E-state index contributed by atoms with van der Waals surface area (Å²) < 4.78 is 0. The number of nitrogens with one attached hydrogen (secondary N) is 2. The zero-order valence-corrected chi connectivity index (χ0v) is 5.10. The predicted octanol–water partition coefficient (Wildman–Crippen LogP) is -1.15. The monoisotopic (exact) mass is 138 g/mol. The lowest BCUT2D eigenvalue weighted by atomic mass is 11.2. The second kappa shape index (κ2) is 4.13. The summed E-state index contributed by atoms with van der Waals surface area (Å²) in [5.74, 6) is 0. The van der Waals surface area contributed by atoms with Gasteiger partial charge in [0.05, 0.1) is 0 Å². The third-order valence-corrected chi connectivity index (χ3v) is 0.555. The highest BCUT2D eigenvalue weighted by atomic mass is 32.2. The van der Waals surface area contributed by atoms with E-state index in [1.165, 1.54) is 0 Å². The molecule has 0 fully saturated rings. The van der Waals surface area contributed by atoms with Gasteiger partial charge in [0.2, 0.25) is 0 Å². The molecule has 7 heavy (non-hydrogen) atoms. The molecule has 0 saturated carbocycles. The molecule has 0 aliphatic carbocycles. The fourth-order valence-electron chi connectivity index (χ4n) is 0.0798. The van der Waals surface area contributed by atoms with Gasteiger partial charge in [-0.3, -0.25) is 10.6 Å². The first kappa shape index (κ1) is 6.96. The van der Waals surface area contributed by atoms with Gasteiger partial charge in [0.25, 0.3) is 0 Å². The van der Waals surface area contributed by atoms with E-state index >= 15 is 0 Å². The maximum Gasteiger partial charge on any atom is 0.178 e. The molecular formula is CH6N4S2. The van der Waals surface area contributed by atoms with Crippen LogP contribution in [0.1, 0.15) is 0 Å². The van der Waals surface area contributed by atoms with E-state index in [2.05, 4.69) is 22.5 Å². The molecule has 0 radical (unpaired) electrons. The topological polar surface area (TPSA) is 76.1 Å². The van der Waals surface area contributed by atoms with Crippen molar-refractivity contribution in [3.05, 3.63) is 0 Å². The van der Waals surface area contributed by atoms with Crippen LogP contribution in [0.15, 0.2) is 0 Å². The van der Waals surface area contributed by atoms with E-state index in [0.29, 0.717) is 0 Å². The Bertz CT molecular complexity index is 62.7. The molecule has 0 rings (SSSR count). The molecule has 0 heterocycles. The van der Waals surface area contributed by atoms with Crippen molar-refractivity contribution in [2.75, 3.05) is 0 Å². The number of rotatable bonds is 2. The van der Waals surface area contributed by atoms with Gasteiger partial charge in [-0.05, 0) is 12.2 Å². The van der Waals surface area contributed by atoms with Crippen molar-refractivity contribution < 1.29 is 0 Å². The van der Waals surface area contributed by atoms with Crippen molar-refractivity contribution in [1.82, 2.24) is 10.3 Å². The van der Waals surface area contributed by atoms with Crippen molar-refractivity contribution >= 4 is 29.5 Å². The van der Waals surface area contributed by atoms with Crippen molar-refractivity contribution in [2.45, 2.75) is 0 Å².